The van der Waals surface area contributed by atoms with Crippen LogP contribution >= 0.6 is 0 Å². The Morgan fingerprint density at radius 3 is 2.76 bits per heavy atom. The van der Waals surface area contributed by atoms with Gasteiger partial charge in [-0.05, 0) is 30.2 Å². The summed E-state index contributed by atoms with van der Waals surface area (Å²) in [7, 11) is 0. The largest absolute Gasteiger partial charge is 0.454 e. The SMILES string of the molecule is CC(OCNCc1ccccc1)c1ccc2c(c1)OCO2. The fourth-order valence-corrected chi connectivity index (χ4v) is 2.24. The number of nitrogens with one attached hydrogen (secondary N) is 1. The molecule has 1 aliphatic rings. The van der Waals surface area contributed by atoms with Gasteiger partial charge in [0.15, 0.2) is 11.5 Å². The van der Waals surface area contributed by atoms with E-state index in [1.54, 1.807) is 0 Å². The van der Waals surface area contributed by atoms with Crippen LogP contribution in [0.15, 0.2) is 48.5 Å². The van der Waals surface area contributed by atoms with Crippen LogP contribution in [0.1, 0.15) is 24.2 Å². The van der Waals surface area contributed by atoms with Crippen LogP contribution in [0.25, 0.3) is 0 Å². The Labute approximate surface area is 124 Å². The van der Waals surface area contributed by atoms with Crippen molar-refractivity contribution in [1.29, 1.82) is 0 Å². The minimum Gasteiger partial charge on any atom is -0.454 e. The first-order valence-electron chi connectivity index (χ1n) is 7.09. The van der Waals surface area contributed by atoms with Crippen molar-refractivity contribution >= 4 is 0 Å². The van der Waals surface area contributed by atoms with E-state index in [0.29, 0.717) is 13.5 Å². The average Bonchev–Trinajstić information content (AvgIpc) is 3.00. The number of hydrogen-bond acceptors (Lipinski definition) is 4. The van der Waals surface area contributed by atoms with Gasteiger partial charge in [-0.1, -0.05) is 36.4 Å². The molecule has 4 heteroatoms. The second-order valence-corrected chi connectivity index (χ2v) is 4.98. The van der Waals surface area contributed by atoms with Gasteiger partial charge in [0.25, 0.3) is 0 Å². The van der Waals surface area contributed by atoms with Crippen LogP contribution in [0.2, 0.25) is 0 Å². The van der Waals surface area contributed by atoms with Gasteiger partial charge in [-0.25, -0.2) is 0 Å². The van der Waals surface area contributed by atoms with Crippen molar-refractivity contribution in [3.05, 3.63) is 59.7 Å². The van der Waals surface area contributed by atoms with Gasteiger partial charge in [0.1, 0.15) is 0 Å². The summed E-state index contributed by atoms with van der Waals surface area (Å²) in [5.74, 6) is 1.59. The lowest BCUT2D eigenvalue weighted by molar-refractivity contribution is 0.0510. The lowest BCUT2D eigenvalue weighted by Gasteiger charge is -2.14. The maximum absolute atomic E-state index is 5.80. The number of hydrogen-bond donors (Lipinski definition) is 1. The van der Waals surface area contributed by atoms with E-state index < -0.39 is 0 Å². The van der Waals surface area contributed by atoms with E-state index in [4.69, 9.17) is 14.2 Å². The fourth-order valence-electron chi connectivity index (χ4n) is 2.24. The summed E-state index contributed by atoms with van der Waals surface area (Å²) in [5.41, 5.74) is 2.33. The molecule has 1 unspecified atom stereocenters. The molecule has 0 saturated heterocycles. The third kappa shape index (κ3) is 3.54. The molecule has 0 aromatic heterocycles. The van der Waals surface area contributed by atoms with Gasteiger partial charge in [0.05, 0.1) is 12.8 Å². The third-order valence-corrected chi connectivity index (χ3v) is 3.47. The highest BCUT2D eigenvalue weighted by atomic mass is 16.7. The highest BCUT2D eigenvalue weighted by molar-refractivity contribution is 5.44. The zero-order chi connectivity index (χ0) is 14.5. The molecule has 0 amide bonds. The summed E-state index contributed by atoms with van der Waals surface area (Å²) in [5, 5.41) is 3.28. The summed E-state index contributed by atoms with van der Waals surface area (Å²) in [6.45, 7) is 3.63. The third-order valence-electron chi connectivity index (χ3n) is 3.47. The summed E-state index contributed by atoms with van der Waals surface area (Å²) in [6.07, 6.45) is 0.00257. The summed E-state index contributed by atoms with van der Waals surface area (Å²) >= 11 is 0. The molecule has 1 aliphatic heterocycles. The smallest absolute Gasteiger partial charge is 0.231 e. The molecule has 1 N–H and O–H groups in total. The Morgan fingerprint density at radius 1 is 1.10 bits per heavy atom. The monoisotopic (exact) mass is 285 g/mol. The Hall–Kier alpha value is -2.04. The van der Waals surface area contributed by atoms with E-state index in [1.807, 2.05) is 43.3 Å². The van der Waals surface area contributed by atoms with E-state index in [1.165, 1.54) is 5.56 Å². The molecule has 21 heavy (non-hydrogen) atoms. The molecule has 0 saturated carbocycles. The van der Waals surface area contributed by atoms with Gasteiger partial charge in [-0.15, -0.1) is 0 Å². The minimum atomic E-state index is 0.00257. The maximum Gasteiger partial charge on any atom is 0.231 e. The van der Waals surface area contributed by atoms with Crippen molar-refractivity contribution in [3.63, 3.8) is 0 Å². The first-order valence-corrected chi connectivity index (χ1v) is 7.09. The molecule has 110 valence electrons. The van der Waals surface area contributed by atoms with Crippen molar-refractivity contribution in [2.45, 2.75) is 19.6 Å². The summed E-state index contributed by atoms with van der Waals surface area (Å²) in [4.78, 5) is 0. The molecule has 0 radical (unpaired) electrons. The molecule has 0 fully saturated rings. The van der Waals surface area contributed by atoms with Crippen LogP contribution in [0, 0.1) is 0 Å². The molecular formula is C17H19NO3. The van der Waals surface area contributed by atoms with Gasteiger partial charge >= 0.3 is 0 Å². The molecule has 0 spiro atoms. The van der Waals surface area contributed by atoms with Crippen molar-refractivity contribution in [3.8, 4) is 11.5 Å². The van der Waals surface area contributed by atoms with Crippen LogP contribution < -0.4 is 14.8 Å². The Morgan fingerprint density at radius 2 is 1.90 bits per heavy atom. The van der Waals surface area contributed by atoms with Gasteiger partial charge in [0, 0.05) is 6.54 Å². The van der Waals surface area contributed by atoms with E-state index in [-0.39, 0.29) is 6.10 Å². The standard InChI is InChI=1S/C17H19NO3/c1-13(15-7-8-16-17(9-15)21-12-20-16)19-11-18-10-14-5-3-2-4-6-14/h2-9,13,18H,10-12H2,1H3. The maximum atomic E-state index is 5.80. The zero-order valence-corrected chi connectivity index (χ0v) is 12.0. The first-order chi connectivity index (χ1) is 10.3. The molecule has 2 aromatic rings. The van der Waals surface area contributed by atoms with Crippen molar-refractivity contribution in [1.82, 2.24) is 5.32 Å². The van der Waals surface area contributed by atoms with E-state index >= 15 is 0 Å². The second-order valence-electron chi connectivity index (χ2n) is 4.98. The van der Waals surface area contributed by atoms with Gasteiger partial charge in [-0.3, -0.25) is 5.32 Å². The van der Waals surface area contributed by atoms with Crippen LogP contribution in [0.3, 0.4) is 0 Å². The number of fused-ring (bicyclic) bond motifs is 1. The van der Waals surface area contributed by atoms with E-state index in [0.717, 1.165) is 23.6 Å². The lowest BCUT2D eigenvalue weighted by atomic mass is 10.1. The van der Waals surface area contributed by atoms with Crippen LogP contribution in [0.4, 0.5) is 0 Å². The number of benzene rings is 2. The molecule has 2 aromatic carbocycles. The Kier molecular flexibility index (Phi) is 4.38. The zero-order valence-electron chi connectivity index (χ0n) is 12.0. The van der Waals surface area contributed by atoms with E-state index in [9.17, 15) is 0 Å². The fraction of sp³-hybridized carbons (Fsp3) is 0.294. The molecule has 1 heterocycles. The average molecular weight is 285 g/mol. The Bertz CT molecular complexity index is 586. The first kappa shape index (κ1) is 13.9. The second kappa shape index (κ2) is 6.61. The lowest BCUT2D eigenvalue weighted by Crippen LogP contribution is -2.18. The number of rotatable bonds is 6. The molecular weight excluding hydrogens is 266 g/mol. The Balaban J connectivity index is 1.47. The quantitative estimate of drug-likeness (QED) is 0.653. The molecule has 3 rings (SSSR count). The van der Waals surface area contributed by atoms with Crippen molar-refractivity contribution < 1.29 is 14.2 Å². The predicted octanol–water partition coefficient (Wildman–Crippen LogP) is 3.24. The van der Waals surface area contributed by atoms with Gasteiger partial charge < -0.3 is 14.2 Å². The van der Waals surface area contributed by atoms with Crippen molar-refractivity contribution in [2.75, 3.05) is 13.5 Å². The van der Waals surface area contributed by atoms with Crippen molar-refractivity contribution in [2.24, 2.45) is 0 Å². The normalized spacial score (nSPS) is 14.1. The topological polar surface area (TPSA) is 39.7 Å². The molecule has 0 bridgehead atoms. The minimum absolute atomic E-state index is 0.00257. The highest BCUT2D eigenvalue weighted by Gasteiger charge is 2.15. The molecule has 0 aliphatic carbocycles. The molecule has 1 atom stereocenters. The summed E-state index contributed by atoms with van der Waals surface area (Å²) < 4.78 is 16.5. The van der Waals surface area contributed by atoms with Crippen LogP contribution in [-0.2, 0) is 11.3 Å². The molecule has 4 nitrogen and oxygen atoms in total. The number of ether oxygens (including phenoxy) is 3. The summed E-state index contributed by atoms with van der Waals surface area (Å²) in [6, 6.07) is 16.2. The van der Waals surface area contributed by atoms with Crippen LogP contribution in [0.5, 0.6) is 11.5 Å². The van der Waals surface area contributed by atoms with Crippen LogP contribution in [-0.4, -0.2) is 13.5 Å². The predicted molar refractivity (Wildman–Crippen MR) is 80.2 cm³/mol. The van der Waals surface area contributed by atoms with E-state index in [2.05, 4.69) is 17.4 Å². The highest BCUT2D eigenvalue weighted by Crippen LogP contribution is 2.34. The van der Waals surface area contributed by atoms with Gasteiger partial charge in [-0.2, -0.15) is 0 Å². The van der Waals surface area contributed by atoms with Gasteiger partial charge in [0.2, 0.25) is 6.79 Å².